The molecule has 1 amide bonds. The SMILES string of the molecule is O=C(Cn1ccc2ccccc21)N[C@@H]1CCN(Cc2cccnc2)C[C@H]1O. The number of amides is 1. The van der Waals surface area contributed by atoms with Crippen LogP contribution in [0, 0.1) is 0 Å². The number of rotatable bonds is 5. The van der Waals surface area contributed by atoms with Gasteiger partial charge in [0.2, 0.25) is 5.91 Å². The van der Waals surface area contributed by atoms with Gasteiger partial charge < -0.3 is 15.0 Å². The van der Waals surface area contributed by atoms with Crippen molar-refractivity contribution in [2.75, 3.05) is 13.1 Å². The molecule has 0 spiro atoms. The highest BCUT2D eigenvalue weighted by molar-refractivity contribution is 5.83. The molecule has 6 heteroatoms. The predicted molar refractivity (Wildman–Crippen MR) is 104 cm³/mol. The number of aromatic nitrogens is 2. The summed E-state index contributed by atoms with van der Waals surface area (Å²) in [5, 5.41) is 14.6. The minimum atomic E-state index is -0.569. The first-order valence-corrected chi connectivity index (χ1v) is 9.31. The zero-order chi connectivity index (χ0) is 18.6. The second-order valence-electron chi connectivity index (χ2n) is 7.13. The largest absolute Gasteiger partial charge is 0.390 e. The fourth-order valence-electron chi connectivity index (χ4n) is 3.74. The lowest BCUT2D eigenvalue weighted by Gasteiger charge is -2.36. The van der Waals surface area contributed by atoms with E-state index in [1.165, 1.54) is 0 Å². The topological polar surface area (TPSA) is 70.4 Å². The average Bonchev–Trinajstić information content (AvgIpc) is 3.08. The number of hydrogen-bond donors (Lipinski definition) is 2. The zero-order valence-corrected chi connectivity index (χ0v) is 15.2. The van der Waals surface area contributed by atoms with Crippen LogP contribution in [0.2, 0.25) is 0 Å². The molecule has 1 saturated heterocycles. The van der Waals surface area contributed by atoms with Gasteiger partial charge in [0.1, 0.15) is 6.54 Å². The number of para-hydroxylation sites is 1. The highest BCUT2D eigenvalue weighted by Gasteiger charge is 2.28. The van der Waals surface area contributed by atoms with Crippen LogP contribution in [0.1, 0.15) is 12.0 Å². The summed E-state index contributed by atoms with van der Waals surface area (Å²) in [4.78, 5) is 18.8. The molecule has 0 unspecified atom stereocenters. The number of piperidine rings is 1. The van der Waals surface area contributed by atoms with Crippen molar-refractivity contribution in [3.8, 4) is 0 Å². The first-order valence-electron chi connectivity index (χ1n) is 9.31. The number of hydrogen-bond acceptors (Lipinski definition) is 4. The Labute approximate surface area is 158 Å². The molecule has 4 rings (SSSR count). The predicted octanol–water partition coefficient (Wildman–Crippen LogP) is 1.79. The third kappa shape index (κ3) is 4.18. The van der Waals surface area contributed by atoms with Crippen molar-refractivity contribution < 1.29 is 9.90 Å². The second-order valence-corrected chi connectivity index (χ2v) is 7.13. The van der Waals surface area contributed by atoms with Gasteiger partial charge in [0.15, 0.2) is 0 Å². The average molecular weight is 364 g/mol. The van der Waals surface area contributed by atoms with Crippen LogP contribution in [-0.2, 0) is 17.9 Å². The lowest BCUT2D eigenvalue weighted by atomic mass is 10.0. The van der Waals surface area contributed by atoms with Crippen molar-refractivity contribution in [2.45, 2.75) is 31.7 Å². The molecule has 0 bridgehead atoms. The van der Waals surface area contributed by atoms with Crippen molar-refractivity contribution in [3.63, 3.8) is 0 Å². The van der Waals surface area contributed by atoms with E-state index in [-0.39, 0.29) is 18.5 Å². The van der Waals surface area contributed by atoms with Gasteiger partial charge in [-0.3, -0.25) is 14.7 Å². The summed E-state index contributed by atoms with van der Waals surface area (Å²) in [5.41, 5.74) is 2.17. The van der Waals surface area contributed by atoms with Gasteiger partial charge in [-0.15, -0.1) is 0 Å². The Morgan fingerprint density at radius 1 is 1.22 bits per heavy atom. The van der Waals surface area contributed by atoms with E-state index in [0.717, 1.165) is 36.0 Å². The molecule has 1 aliphatic heterocycles. The lowest BCUT2D eigenvalue weighted by molar-refractivity contribution is -0.123. The number of aliphatic hydroxyl groups excluding tert-OH is 1. The first kappa shape index (κ1) is 17.7. The molecule has 3 aromatic rings. The minimum absolute atomic E-state index is 0.0684. The van der Waals surface area contributed by atoms with Gasteiger partial charge in [0.25, 0.3) is 0 Å². The van der Waals surface area contributed by atoms with Crippen LogP contribution >= 0.6 is 0 Å². The lowest BCUT2D eigenvalue weighted by Crippen LogP contribution is -2.54. The summed E-state index contributed by atoms with van der Waals surface area (Å²) in [6.07, 6.45) is 5.70. The third-order valence-electron chi connectivity index (χ3n) is 5.14. The quantitative estimate of drug-likeness (QED) is 0.724. The van der Waals surface area contributed by atoms with Crippen molar-refractivity contribution in [3.05, 3.63) is 66.6 Å². The maximum absolute atomic E-state index is 12.5. The molecular formula is C21H24N4O2. The molecule has 2 N–H and O–H groups in total. The summed E-state index contributed by atoms with van der Waals surface area (Å²) < 4.78 is 1.94. The van der Waals surface area contributed by atoms with Gasteiger partial charge in [0.05, 0.1) is 12.1 Å². The van der Waals surface area contributed by atoms with E-state index in [1.807, 2.05) is 59.4 Å². The summed E-state index contributed by atoms with van der Waals surface area (Å²) in [6, 6.07) is 13.8. The number of carbonyl (C=O) groups is 1. The Hall–Kier alpha value is -2.70. The van der Waals surface area contributed by atoms with E-state index in [1.54, 1.807) is 6.20 Å². The molecule has 0 aliphatic carbocycles. The fourth-order valence-corrected chi connectivity index (χ4v) is 3.74. The Morgan fingerprint density at radius 3 is 2.93 bits per heavy atom. The minimum Gasteiger partial charge on any atom is -0.390 e. The number of nitrogens with one attached hydrogen (secondary N) is 1. The summed E-state index contributed by atoms with van der Waals surface area (Å²) in [6.45, 7) is 2.41. The van der Waals surface area contributed by atoms with E-state index in [9.17, 15) is 9.90 Å². The number of likely N-dealkylation sites (tertiary alicyclic amines) is 1. The molecule has 140 valence electrons. The van der Waals surface area contributed by atoms with Crippen molar-refractivity contribution in [2.24, 2.45) is 0 Å². The van der Waals surface area contributed by atoms with E-state index < -0.39 is 6.10 Å². The van der Waals surface area contributed by atoms with Crippen LogP contribution in [0.5, 0.6) is 0 Å². The monoisotopic (exact) mass is 364 g/mol. The molecule has 1 fully saturated rings. The van der Waals surface area contributed by atoms with E-state index in [4.69, 9.17) is 0 Å². The number of nitrogens with zero attached hydrogens (tertiary/aromatic N) is 3. The molecule has 6 nitrogen and oxygen atoms in total. The highest BCUT2D eigenvalue weighted by Crippen LogP contribution is 2.16. The Morgan fingerprint density at radius 2 is 2.11 bits per heavy atom. The highest BCUT2D eigenvalue weighted by atomic mass is 16.3. The van der Waals surface area contributed by atoms with Gasteiger partial charge in [-0.25, -0.2) is 0 Å². The van der Waals surface area contributed by atoms with Crippen LogP contribution in [0.15, 0.2) is 61.1 Å². The standard InChI is InChI=1S/C21H24N4O2/c26-20-14-24(13-16-4-3-9-22-12-16)10-8-18(20)23-21(27)15-25-11-7-17-5-1-2-6-19(17)25/h1-7,9,11-12,18,20,26H,8,10,13-15H2,(H,23,27)/t18-,20-/m1/s1. The molecule has 0 radical (unpaired) electrons. The third-order valence-corrected chi connectivity index (χ3v) is 5.14. The Balaban J connectivity index is 1.31. The summed E-state index contributed by atoms with van der Waals surface area (Å²) >= 11 is 0. The van der Waals surface area contributed by atoms with E-state index >= 15 is 0 Å². The first-order chi connectivity index (χ1) is 13.2. The number of carbonyl (C=O) groups excluding carboxylic acids is 1. The number of fused-ring (bicyclic) bond motifs is 1. The molecule has 2 atom stereocenters. The number of benzene rings is 1. The van der Waals surface area contributed by atoms with Crippen LogP contribution < -0.4 is 5.32 Å². The smallest absolute Gasteiger partial charge is 0.240 e. The molecule has 3 heterocycles. The van der Waals surface area contributed by atoms with Gasteiger partial charge in [0, 0.05) is 43.7 Å². The molecule has 27 heavy (non-hydrogen) atoms. The number of β-amino-alcohol motifs (C(OH)–C–C–N with tert-alkyl or cyclic N) is 1. The van der Waals surface area contributed by atoms with E-state index in [2.05, 4.69) is 15.2 Å². The Kier molecular flexibility index (Phi) is 5.18. The number of aliphatic hydroxyl groups is 1. The van der Waals surface area contributed by atoms with Gasteiger partial charge in [-0.1, -0.05) is 24.3 Å². The zero-order valence-electron chi connectivity index (χ0n) is 15.2. The maximum Gasteiger partial charge on any atom is 0.240 e. The van der Waals surface area contributed by atoms with Crippen LogP contribution in [0.4, 0.5) is 0 Å². The fraction of sp³-hybridized carbons (Fsp3) is 0.333. The molecule has 1 aliphatic rings. The van der Waals surface area contributed by atoms with Crippen LogP contribution in [0.25, 0.3) is 10.9 Å². The molecule has 1 aromatic carbocycles. The van der Waals surface area contributed by atoms with Gasteiger partial charge in [-0.05, 0) is 35.6 Å². The summed E-state index contributed by atoms with van der Waals surface area (Å²) in [5.74, 6) is -0.0684. The van der Waals surface area contributed by atoms with Gasteiger partial charge in [-0.2, -0.15) is 0 Å². The molecular weight excluding hydrogens is 340 g/mol. The van der Waals surface area contributed by atoms with E-state index in [0.29, 0.717) is 6.54 Å². The summed E-state index contributed by atoms with van der Waals surface area (Å²) in [7, 11) is 0. The molecule has 0 saturated carbocycles. The van der Waals surface area contributed by atoms with Crippen molar-refractivity contribution >= 4 is 16.8 Å². The maximum atomic E-state index is 12.5. The molecule has 2 aromatic heterocycles. The van der Waals surface area contributed by atoms with Crippen LogP contribution in [-0.4, -0.2) is 50.7 Å². The Bertz CT molecular complexity index is 909. The number of pyridine rings is 1. The van der Waals surface area contributed by atoms with Crippen LogP contribution in [0.3, 0.4) is 0 Å². The second kappa shape index (κ2) is 7.90. The van der Waals surface area contributed by atoms with Crippen molar-refractivity contribution in [1.29, 1.82) is 0 Å². The van der Waals surface area contributed by atoms with Gasteiger partial charge >= 0.3 is 0 Å². The van der Waals surface area contributed by atoms with Crippen molar-refractivity contribution in [1.82, 2.24) is 19.8 Å². The normalized spacial score (nSPS) is 20.6.